The summed E-state index contributed by atoms with van der Waals surface area (Å²) in [5, 5.41) is 0. The molecule has 0 N–H and O–H groups in total. The Morgan fingerprint density at radius 1 is 1.05 bits per heavy atom. The third-order valence-corrected chi connectivity index (χ3v) is 4.79. The molecule has 21 heavy (non-hydrogen) atoms. The monoisotopic (exact) mass is 299 g/mol. The van der Waals surface area contributed by atoms with E-state index in [0.717, 1.165) is 17.9 Å². The van der Waals surface area contributed by atoms with Crippen LogP contribution >= 0.6 is 0 Å². The number of carbonyl (C=O) groups excluding carboxylic acids is 1. The van der Waals surface area contributed by atoms with E-state index in [1.165, 1.54) is 11.1 Å². The van der Waals surface area contributed by atoms with Crippen molar-refractivity contribution < 1.29 is 9.00 Å². The highest BCUT2D eigenvalue weighted by atomic mass is 32.2. The van der Waals surface area contributed by atoms with E-state index in [4.69, 9.17) is 0 Å². The molecule has 3 nitrogen and oxygen atoms in total. The predicted octanol–water partition coefficient (Wildman–Crippen LogP) is 2.62. The molecule has 0 fully saturated rings. The van der Waals surface area contributed by atoms with Crippen LogP contribution in [-0.4, -0.2) is 27.8 Å². The third-order valence-electron chi connectivity index (χ3n) is 3.85. The first-order valence-corrected chi connectivity index (χ1v) is 8.50. The zero-order valence-electron chi connectivity index (χ0n) is 11.9. The van der Waals surface area contributed by atoms with E-state index in [0.29, 0.717) is 12.1 Å². The van der Waals surface area contributed by atoms with Gasteiger partial charge in [0.1, 0.15) is 0 Å². The Bertz CT molecular complexity index is 694. The van der Waals surface area contributed by atoms with E-state index < -0.39 is 10.8 Å². The van der Waals surface area contributed by atoms with Gasteiger partial charge in [-0.1, -0.05) is 24.3 Å². The Morgan fingerprint density at radius 3 is 2.38 bits per heavy atom. The minimum atomic E-state index is -1.01. The van der Waals surface area contributed by atoms with Gasteiger partial charge in [-0.15, -0.1) is 0 Å². The Morgan fingerprint density at radius 2 is 1.71 bits per heavy atom. The normalized spacial score (nSPS) is 15.4. The minimum absolute atomic E-state index is 0.0398. The zero-order chi connectivity index (χ0) is 14.8. The van der Waals surface area contributed by atoms with Crippen molar-refractivity contribution in [1.82, 2.24) is 4.90 Å². The molecule has 0 saturated heterocycles. The molecule has 2 aromatic rings. The largest absolute Gasteiger partial charge is 0.334 e. The molecular weight excluding hydrogens is 282 g/mol. The lowest BCUT2D eigenvalue weighted by atomic mass is 9.99. The van der Waals surface area contributed by atoms with Crippen LogP contribution in [0.25, 0.3) is 0 Å². The maximum atomic E-state index is 12.5. The van der Waals surface area contributed by atoms with Crippen LogP contribution in [0.5, 0.6) is 0 Å². The van der Waals surface area contributed by atoms with Crippen LogP contribution in [0.15, 0.2) is 53.4 Å². The van der Waals surface area contributed by atoms with Gasteiger partial charge in [-0.25, -0.2) is 0 Å². The summed E-state index contributed by atoms with van der Waals surface area (Å²) < 4.78 is 11.4. The van der Waals surface area contributed by atoms with Crippen LogP contribution in [0.1, 0.15) is 21.5 Å². The smallest absolute Gasteiger partial charge is 0.254 e. The first-order chi connectivity index (χ1) is 10.1. The highest BCUT2D eigenvalue weighted by Crippen LogP contribution is 2.20. The van der Waals surface area contributed by atoms with Crippen molar-refractivity contribution in [2.24, 2.45) is 0 Å². The number of amides is 1. The average molecular weight is 299 g/mol. The summed E-state index contributed by atoms with van der Waals surface area (Å²) in [6.45, 7) is 1.41. The molecule has 1 aliphatic heterocycles. The van der Waals surface area contributed by atoms with E-state index in [2.05, 4.69) is 12.1 Å². The molecule has 3 rings (SSSR count). The summed E-state index contributed by atoms with van der Waals surface area (Å²) in [6.07, 6.45) is 2.54. The fourth-order valence-electron chi connectivity index (χ4n) is 2.64. The van der Waals surface area contributed by atoms with Gasteiger partial charge in [0.25, 0.3) is 5.91 Å². The molecule has 1 amide bonds. The number of carbonyl (C=O) groups is 1. The lowest BCUT2D eigenvalue weighted by Gasteiger charge is -2.29. The highest BCUT2D eigenvalue weighted by Gasteiger charge is 2.21. The van der Waals surface area contributed by atoms with Gasteiger partial charge in [0, 0.05) is 40.6 Å². The van der Waals surface area contributed by atoms with Gasteiger partial charge >= 0.3 is 0 Å². The van der Waals surface area contributed by atoms with Gasteiger partial charge in [-0.05, 0) is 41.8 Å². The number of nitrogens with zero attached hydrogens (tertiary/aromatic N) is 1. The number of hydrogen-bond acceptors (Lipinski definition) is 2. The van der Waals surface area contributed by atoms with Gasteiger partial charge in [0.2, 0.25) is 0 Å². The Kier molecular flexibility index (Phi) is 3.88. The molecule has 0 spiro atoms. The highest BCUT2D eigenvalue weighted by molar-refractivity contribution is 7.84. The molecule has 4 heteroatoms. The first-order valence-electron chi connectivity index (χ1n) is 6.95. The molecule has 1 aliphatic rings. The van der Waals surface area contributed by atoms with Crippen molar-refractivity contribution in [1.29, 1.82) is 0 Å². The number of rotatable bonds is 2. The second-order valence-corrected chi connectivity index (χ2v) is 6.60. The summed E-state index contributed by atoms with van der Waals surface area (Å²) >= 11 is 0. The van der Waals surface area contributed by atoms with Crippen molar-refractivity contribution in [3.63, 3.8) is 0 Å². The van der Waals surface area contributed by atoms with E-state index in [1.54, 1.807) is 30.5 Å². The van der Waals surface area contributed by atoms with Gasteiger partial charge < -0.3 is 4.90 Å². The van der Waals surface area contributed by atoms with Gasteiger partial charge in [-0.3, -0.25) is 9.00 Å². The summed E-state index contributed by atoms with van der Waals surface area (Å²) in [6, 6.07) is 15.3. The van der Waals surface area contributed by atoms with Crippen LogP contribution in [0.2, 0.25) is 0 Å². The molecule has 0 bridgehead atoms. The van der Waals surface area contributed by atoms with Gasteiger partial charge in [-0.2, -0.15) is 0 Å². The SMILES string of the molecule is CS(=O)c1ccc(C(=O)N2CCc3ccccc3C2)cc1. The molecule has 0 saturated carbocycles. The average Bonchev–Trinajstić information content (AvgIpc) is 2.54. The molecule has 2 aromatic carbocycles. The van der Waals surface area contributed by atoms with Crippen molar-refractivity contribution in [3.05, 3.63) is 65.2 Å². The fraction of sp³-hybridized carbons (Fsp3) is 0.235. The predicted molar refractivity (Wildman–Crippen MR) is 83.7 cm³/mol. The lowest BCUT2D eigenvalue weighted by molar-refractivity contribution is 0.0734. The maximum absolute atomic E-state index is 12.5. The van der Waals surface area contributed by atoms with Crippen molar-refractivity contribution in [2.45, 2.75) is 17.9 Å². The van der Waals surface area contributed by atoms with E-state index in [1.807, 2.05) is 17.0 Å². The third kappa shape index (κ3) is 2.90. The molecule has 0 aliphatic carbocycles. The lowest BCUT2D eigenvalue weighted by Crippen LogP contribution is -2.35. The Labute approximate surface area is 127 Å². The van der Waals surface area contributed by atoms with Gasteiger partial charge in [0.15, 0.2) is 0 Å². The second kappa shape index (κ2) is 5.82. The minimum Gasteiger partial charge on any atom is -0.334 e. The van der Waals surface area contributed by atoms with Gasteiger partial charge in [0.05, 0.1) is 0 Å². The molecule has 1 heterocycles. The van der Waals surface area contributed by atoms with E-state index >= 15 is 0 Å². The van der Waals surface area contributed by atoms with Crippen LogP contribution in [-0.2, 0) is 23.8 Å². The second-order valence-electron chi connectivity index (χ2n) is 5.22. The zero-order valence-corrected chi connectivity index (χ0v) is 12.7. The first kappa shape index (κ1) is 14.0. The summed E-state index contributed by atoms with van der Waals surface area (Å²) in [4.78, 5) is 15.2. The summed E-state index contributed by atoms with van der Waals surface area (Å²) in [5.74, 6) is 0.0398. The van der Waals surface area contributed by atoms with Crippen molar-refractivity contribution >= 4 is 16.7 Å². The molecule has 1 atom stereocenters. The summed E-state index contributed by atoms with van der Waals surface area (Å²) in [7, 11) is -1.01. The Balaban J connectivity index is 1.79. The van der Waals surface area contributed by atoms with Crippen LogP contribution in [0.4, 0.5) is 0 Å². The van der Waals surface area contributed by atoms with Crippen molar-refractivity contribution in [3.8, 4) is 0 Å². The molecule has 1 unspecified atom stereocenters. The quantitative estimate of drug-likeness (QED) is 0.855. The van der Waals surface area contributed by atoms with Crippen LogP contribution in [0.3, 0.4) is 0 Å². The topological polar surface area (TPSA) is 37.4 Å². The fourth-order valence-corrected chi connectivity index (χ4v) is 3.16. The van der Waals surface area contributed by atoms with Crippen LogP contribution in [0, 0.1) is 0 Å². The van der Waals surface area contributed by atoms with Crippen molar-refractivity contribution in [2.75, 3.05) is 12.8 Å². The molecule has 0 aromatic heterocycles. The standard InChI is InChI=1S/C17H17NO2S/c1-21(20)16-8-6-14(7-9-16)17(19)18-11-10-13-4-2-3-5-15(13)12-18/h2-9H,10-12H2,1H3. The number of fused-ring (bicyclic) bond motifs is 1. The molecule has 0 radical (unpaired) electrons. The number of benzene rings is 2. The summed E-state index contributed by atoms with van der Waals surface area (Å²) in [5.41, 5.74) is 3.21. The molecular formula is C17H17NO2S. The maximum Gasteiger partial charge on any atom is 0.254 e. The molecule has 108 valence electrons. The van der Waals surface area contributed by atoms with E-state index in [9.17, 15) is 9.00 Å². The van der Waals surface area contributed by atoms with Crippen LogP contribution < -0.4 is 0 Å². The Hall–Kier alpha value is -1.94. The van der Waals surface area contributed by atoms with E-state index in [-0.39, 0.29) is 5.91 Å². The number of hydrogen-bond donors (Lipinski definition) is 0.